The Kier molecular flexibility index (Phi) is 4.24. The van der Waals surface area contributed by atoms with Crippen molar-refractivity contribution in [2.24, 2.45) is 0 Å². The average molecular weight is 223 g/mol. The van der Waals surface area contributed by atoms with E-state index in [0.29, 0.717) is 0 Å². The molecule has 16 heavy (non-hydrogen) atoms. The maximum atomic E-state index is 9.49. The Bertz CT molecular complexity index is 340. The Labute approximate surface area is 97.1 Å². The number of hydrogen-bond donors (Lipinski definition) is 2. The monoisotopic (exact) mass is 223 g/mol. The van der Waals surface area contributed by atoms with Crippen LogP contribution in [-0.4, -0.2) is 27.2 Å². The Hall–Kier alpha value is -1.16. The van der Waals surface area contributed by atoms with Crippen LogP contribution < -0.4 is 5.32 Å². The van der Waals surface area contributed by atoms with Gasteiger partial charge in [-0.25, -0.2) is 4.98 Å². The molecule has 0 spiro atoms. The highest BCUT2D eigenvalue weighted by Gasteiger charge is 2.26. The molecule has 0 aliphatic heterocycles. The first-order chi connectivity index (χ1) is 7.56. The van der Waals surface area contributed by atoms with Crippen molar-refractivity contribution >= 4 is 5.82 Å². The van der Waals surface area contributed by atoms with Gasteiger partial charge in [0.15, 0.2) is 0 Å². The molecule has 90 valence electrons. The zero-order valence-electron chi connectivity index (χ0n) is 10.5. The van der Waals surface area contributed by atoms with E-state index < -0.39 is 0 Å². The van der Waals surface area contributed by atoms with Crippen LogP contribution in [0, 0.1) is 13.8 Å². The molecule has 0 fully saturated rings. The summed E-state index contributed by atoms with van der Waals surface area (Å²) in [5.41, 5.74) is 1.46. The van der Waals surface area contributed by atoms with Gasteiger partial charge in [-0.1, -0.05) is 13.8 Å². The number of anilines is 1. The molecule has 0 atom stereocenters. The van der Waals surface area contributed by atoms with Gasteiger partial charge in [-0.3, -0.25) is 4.98 Å². The van der Waals surface area contributed by atoms with E-state index in [4.69, 9.17) is 0 Å². The Morgan fingerprint density at radius 2 is 1.94 bits per heavy atom. The first-order valence-electron chi connectivity index (χ1n) is 5.76. The molecule has 0 bridgehead atoms. The summed E-state index contributed by atoms with van der Waals surface area (Å²) in [5.74, 6) is 0.776. The van der Waals surface area contributed by atoms with E-state index in [1.807, 2.05) is 13.8 Å². The number of aryl methyl sites for hydroxylation is 2. The summed E-state index contributed by atoms with van der Waals surface area (Å²) in [5, 5.41) is 12.8. The number of nitrogens with one attached hydrogen (secondary N) is 1. The Morgan fingerprint density at radius 3 is 2.44 bits per heavy atom. The summed E-state index contributed by atoms with van der Waals surface area (Å²) in [6.07, 6.45) is 3.46. The second-order valence-electron chi connectivity index (χ2n) is 4.22. The third-order valence-corrected chi connectivity index (χ3v) is 3.12. The lowest BCUT2D eigenvalue weighted by molar-refractivity contribution is 0.202. The van der Waals surface area contributed by atoms with Gasteiger partial charge >= 0.3 is 0 Å². The SMILES string of the molecule is CCC(CC)(CO)Nc1nc(C)cnc1C. The quantitative estimate of drug-likeness (QED) is 0.802. The van der Waals surface area contributed by atoms with Crippen molar-refractivity contribution in [1.29, 1.82) is 0 Å². The molecular formula is C12H21N3O. The molecule has 1 aromatic rings. The molecule has 0 saturated heterocycles. The average Bonchev–Trinajstić information content (AvgIpc) is 2.31. The standard InChI is InChI=1S/C12H21N3O/c1-5-12(6-2,8-16)15-11-10(4)13-7-9(3)14-11/h7,16H,5-6,8H2,1-4H3,(H,14,15). The summed E-state index contributed by atoms with van der Waals surface area (Å²) < 4.78 is 0. The first kappa shape index (κ1) is 12.9. The lowest BCUT2D eigenvalue weighted by Crippen LogP contribution is -2.41. The van der Waals surface area contributed by atoms with E-state index in [0.717, 1.165) is 30.0 Å². The minimum atomic E-state index is -0.284. The van der Waals surface area contributed by atoms with Gasteiger partial charge < -0.3 is 10.4 Å². The number of hydrogen-bond acceptors (Lipinski definition) is 4. The van der Waals surface area contributed by atoms with Crippen LogP contribution in [0.3, 0.4) is 0 Å². The molecule has 0 radical (unpaired) electrons. The zero-order valence-corrected chi connectivity index (χ0v) is 10.5. The molecule has 4 nitrogen and oxygen atoms in total. The van der Waals surface area contributed by atoms with E-state index in [2.05, 4.69) is 29.1 Å². The summed E-state index contributed by atoms with van der Waals surface area (Å²) in [6.45, 7) is 8.06. The van der Waals surface area contributed by atoms with E-state index in [1.165, 1.54) is 0 Å². The van der Waals surface area contributed by atoms with Crippen LogP contribution >= 0.6 is 0 Å². The molecule has 0 aliphatic rings. The summed E-state index contributed by atoms with van der Waals surface area (Å²) in [7, 11) is 0. The van der Waals surface area contributed by atoms with Gasteiger partial charge in [-0.2, -0.15) is 0 Å². The molecule has 4 heteroatoms. The van der Waals surface area contributed by atoms with Crippen molar-refractivity contribution < 1.29 is 5.11 Å². The van der Waals surface area contributed by atoms with E-state index in [9.17, 15) is 5.11 Å². The topological polar surface area (TPSA) is 58.0 Å². The highest BCUT2D eigenvalue weighted by Crippen LogP contribution is 2.22. The first-order valence-corrected chi connectivity index (χ1v) is 5.76. The van der Waals surface area contributed by atoms with Gasteiger partial charge in [0, 0.05) is 6.20 Å². The minimum absolute atomic E-state index is 0.106. The van der Waals surface area contributed by atoms with Gasteiger partial charge in [-0.05, 0) is 26.7 Å². The normalized spacial score (nSPS) is 11.6. The van der Waals surface area contributed by atoms with E-state index in [-0.39, 0.29) is 12.1 Å². The van der Waals surface area contributed by atoms with Crippen LogP contribution in [0.2, 0.25) is 0 Å². The maximum absolute atomic E-state index is 9.49. The van der Waals surface area contributed by atoms with E-state index >= 15 is 0 Å². The Balaban J connectivity index is 2.97. The number of rotatable bonds is 5. The van der Waals surface area contributed by atoms with Crippen LogP contribution in [0.5, 0.6) is 0 Å². The van der Waals surface area contributed by atoms with Crippen molar-refractivity contribution in [2.45, 2.75) is 46.1 Å². The molecule has 1 heterocycles. The van der Waals surface area contributed by atoms with Crippen molar-refractivity contribution in [1.82, 2.24) is 9.97 Å². The summed E-state index contributed by atoms with van der Waals surface area (Å²) in [6, 6.07) is 0. The molecule has 0 amide bonds. The Morgan fingerprint density at radius 1 is 1.31 bits per heavy atom. The third kappa shape index (κ3) is 2.70. The fourth-order valence-electron chi connectivity index (χ4n) is 1.60. The highest BCUT2D eigenvalue weighted by atomic mass is 16.3. The molecule has 1 aromatic heterocycles. The van der Waals surface area contributed by atoms with Crippen molar-refractivity contribution in [2.75, 3.05) is 11.9 Å². The van der Waals surface area contributed by atoms with Gasteiger partial charge in [-0.15, -0.1) is 0 Å². The third-order valence-electron chi connectivity index (χ3n) is 3.12. The lowest BCUT2D eigenvalue weighted by Gasteiger charge is -2.31. The molecule has 0 aromatic carbocycles. The fraction of sp³-hybridized carbons (Fsp3) is 0.667. The number of nitrogens with zero attached hydrogens (tertiary/aromatic N) is 2. The van der Waals surface area contributed by atoms with Crippen LogP contribution in [0.4, 0.5) is 5.82 Å². The van der Waals surface area contributed by atoms with Crippen molar-refractivity contribution in [3.05, 3.63) is 17.6 Å². The smallest absolute Gasteiger partial charge is 0.148 e. The number of aliphatic hydroxyl groups is 1. The second-order valence-corrected chi connectivity index (χ2v) is 4.22. The van der Waals surface area contributed by atoms with Crippen LogP contribution in [0.1, 0.15) is 38.1 Å². The van der Waals surface area contributed by atoms with Crippen molar-refractivity contribution in [3.63, 3.8) is 0 Å². The largest absolute Gasteiger partial charge is 0.394 e. The van der Waals surface area contributed by atoms with E-state index in [1.54, 1.807) is 6.20 Å². The molecule has 0 saturated carbocycles. The minimum Gasteiger partial charge on any atom is -0.394 e. The van der Waals surface area contributed by atoms with Gasteiger partial charge in [0.25, 0.3) is 0 Å². The van der Waals surface area contributed by atoms with Gasteiger partial charge in [0.05, 0.1) is 23.5 Å². The molecule has 1 rings (SSSR count). The molecule has 0 unspecified atom stereocenters. The predicted molar refractivity (Wildman–Crippen MR) is 65.5 cm³/mol. The molecule has 0 aliphatic carbocycles. The van der Waals surface area contributed by atoms with Gasteiger partial charge in [0.2, 0.25) is 0 Å². The molecule has 2 N–H and O–H groups in total. The number of aromatic nitrogens is 2. The second kappa shape index (κ2) is 5.25. The predicted octanol–water partition coefficient (Wildman–Crippen LogP) is 2.06. The van der Waals surface area contributed by atoms with Gasteiger partial charge in [0.1, 0.15) is 5.82 Å². The van der Waals surface area contributed by atoms with Crippen LogP contribution in [-0.2, 0) is 0 Å². The van der Waals surface area contributed by atoms with Crippen LogP contribution in [0.25, 0.3) is 0 Å². The van der Waals surface area contributed by atoms with Crippen molar-refractivity contribution in [3.8, 4) is 0 Å². The maximum Gasteiger partial charge on any atom is 0.148 e. The summed E-state index contributed by atoms with van der Waals surface area (Å²) >= 11 is 0. The van der Waals surface area contributed by atoms with Crippen LogP contribution in [0.15, 0.2) is 6.20 Å². The highest BCUT2D eigenvalue weighted by molar-refractivity contribution is 5.42. The molecular weight excluding hydrogens is 202 g/mol. The zero-order chi connectivity index (χ0) is 12.2. The summed E-state index contributed by atoms with van der Waals surface area (Å²) in [4.78, 5) is 8.68. The fourth-order valence-corrected chi connectivity index (χ4v) is 1.60. The number of aliphatic hydroxyl groups excluding tert-OH is 1. The lowest BCUT2D eigenvalue weighted by atomic mass is 9.94.